The summed E-state index contributed by atoms with van der Waals surface area (Å²) in [5, 5.41) is 0. The molecule has 0 amide bonds. The summed E-state index contributed by atoms with van der Waals surface area (Å²) in [4.78, 5) is 0.0785. The van der Waals surface area contributed by atoms with E-state index in [1.54, 1.807) is 0 Å². The molecule has 1 aromatic rings. The van der Waals surface area contributed by atoms with Crippen LogP contribution in [0.1, 0.15) is 25.0 Å². The molecule has 0 radical (unpaired) electrons. The van der Waals surface area contributed by atoms with E-state index in [1.165, 1.54) is 23.4 Å². The average Bonchev–Trinajstić information content (AvgIpc) is 2.40. The summed E-state index contributed by atoms with van der Waals surface area (Å²) in [6.45, 7) is 6.12. The number of hydrogen-bond acceptors (Lipinski definition) is 3. The molecule has 0 atom stereocenters. The van der Waals surface area contributed by atoms with Gasteiger partial charge in [0.2, 0.25) is 10.0 Å². The van der Waals surface area contributed by atoms with Crippen molar-refractivity contribution in [2.75, 3.05) is 19.7 Å². The van der Waals surface area contributed by atoms with Crippen LogP contribution in [0.5, 0.6) is 0 Å². The fraction of sp³-hybridized carbons (Fsp3) is 0.571. The van der Waals surface area contributed by atoms with Gasteiger partial charge in [0.1, 0.15) is 5.82 Å². The van der Waals surface area contributed by atoms with Gasteiger partial charge in [0, 0.05) is 18.7 Å². The van der Waals surface area contributed by atoms with E-state index in [1.807, 2.05) is 13.8 Å². The molecule has 118 valence electrons. The summed E-state index contributed by atoms with van der Waals surface area (Å²) in [6, 6.07) is 2.66. The van der Waals surface area contributed by atoms with Gasteiger partial charge in [-0.1, -0.05) is 0 Å². The van der Waals surface area contributed by atoms with E-state index < -0.39 is 21.4 Å². The maximum atomic E-state index is 13.8. The van der Waals surface area contributed by atoms with Crippen molar-refractivity contribution in [3.05, 3.63) is 29.1 Å². The zero-order valence-electron chi connectivity index (χ0n) is 12.3. The largest absolute Gasteiger partial charge is 0.373 e. The van der Waals surface area contributed by atoms with Crippen molar-refractivity contribution < 1.29 is 17.5 Å². The maximum absolute atomic E-state index is 13.8. The van der Waals surface area contributed by atoms with E-state index in [-0.39, 0.29) is 28.4 Å². The number of alkyl halides is 1. The van der Waals surface area contributed by atoms with E-state index in [9.17, 15) is 12.8 Å². The Morgan fingerprint density at radius 2 is 2.10 bits per heavy atom. The van der Waals surface area contributed by atoms with Crippen LogP contribution in [0, 0.1) is 12.7 Å². The zero-order chi connectivity index (χ0) is 15.8. The second-order valence-electron chi connectivity index (χ2n) is 5.79. The summed E-state index contributed by atoms with van der Waals surface area (Å²) in [5.74, 6) is -0.517. The Bertz CT molecular complexity index is 646. The van der Waals surface area contributed by atoms with Gasteiger partial charge in [0.05, 0.1) is 23.0 Å². The molecule has 1 aromatic carbocycles. The Kier molecular flexibility index (Phi) is 4.63. The molecule has 7 heteroatoms. The molecule has 0 unspecified atom stereocenters. The monoisotopic (exact) mass is 335 g/mol. The lowest BCUT2D eigenvalue weighted by molar-refractivity contribution is -0.0640. The number of sulfonamides is 1. The quantitative estimate of drug-likeness (QED) is 0.798. The Balaban J connectivity index is 2.42. The third-order valence-electron chi connectivity index (χ3n) is 3.48. The number of aryl methyl sites for hydroxylation is 1. The van der Waals surface area contributed by atoms with Crippen molar-refractivity contribution in [1.29, 1.82) is 0 Å². The molecule has 1 aliphatic rings. The SMILES string of the molecule is Cc1cc(S(=O)(=O)N2CCOC(C)(C)C2)cc(CCl)c1F. The van der Waals surface area contributed by atoms with E-state index in [2.05, 4.69) is 0 Å². The first-order valence-corrected chi connectivity index (χ1v) is 8.64. The summed E-state index contributed by atoms with van der Waals surface area (Å²) < 4.78 is 46.1. The normalized spacial score (nSPS) is 19.7. The highest BCUT2D eigenvalue weighted by atomic mass is 35.5. The molecule has 1 heterocycles. The fourth-order valence-electron chi connectivity index (χ4n) is 2.38. The first-order chi connectivity index (χ1) is 9.67. The lowest BCUT2D eigenvalue weighted by Crippen LogP contribution is -2.50. The molecule has 0 aromatic heterocycles. The maximum Gasteiger partial charge on any atom is 0.243 e. The Morgan fingerprint density at radius 1 is 1.43 bits per heavy atom. The van der Waals surface area contributed by atoms with Crippen molar-refractivity contribution in [2.24, 2.45) is 0 Å². The van der Waals surface area contributed by atoms with Crippen molar-refractivity contribution in [3.63, 3.8) is 0 Å². The van der Waals surface area contributed by atoms with Crippen LogP contribution in [0.25, 0.3) is 0 Å². The van der Waals surface area contributed by atoms with Crippen LogP contribution < -0.4 is 0 Å². The number of halogens is 2. The molecular formula is C14H19ClFNO3S. The van der Waals surface area contributed by atoms with Gasteiger partial charge in [-0.25, -0.2) is 12.8 Å². The fourth-order valence-corrected chi connectivity index (χ4v) is 4.29. The van der Waals surface area contributed by atoms with Crippen LogP contribution >= 0.6 is 11.6 Å². The van der Waals surface area contributed by atoms with Crippen LogP contribution in [0.15, 0.2) is 17.0 Å². The first kappa shape index (κ1) is 16.7. The highest BCUT2D eigenvalue weighted by molar-refractivity contribution is 7.89. The second kappa shape index (κ2) is 5.83. The van der Waals surface area contributed by atoms with E-state index >= 15 is 0 Å². The third kappa shape index (κ3) is 3.39. The highest BCUT2D eigenvalue weighted by Crippen LogP contribution is 2.26. The molecule has 1 saturated heterocycles. The molecule has 0 bridgehead atoms. The second-order valence-corrected chi connectivity index (χ2v) is 8.00. The Morgan fingerprint density at radius 3 is 2.67 bits per heavy atom. The van der Waals surface area contributed by atoms with Crippen molar-refractivity contribution >= 4 is 21.6 Å². The van der Waals surface area contributed by atoms with Gasteiger partial charge in [-0.3, -0.25) is 0 Å². The van der Waals surface area contributed by atoms with Crippen LogP contribution in [0.2, 0.25) is 0 Å². The smallest absolute Gasteiger partial charge is 0.243 e. The number of morpholine rings is 1. The van der Waals surface area contributed by atoms with E-state index in [0.717, 1.165) is 0 Å². The Labute approximate surface area is 129 Å². The number of nitrogens with zero attached hydrogens (tertiary/aromatic N) is 1. The van der Waals surface area contributed by atoms with Gasteiger partial charge < -0.3 is 4.74 Å². The molecule has 2 rings (SSSR count). The molecule has 1 aliphatic heterocycles. The molecular weight excluding hydrogens is 317 g/mol. The predicted molar refractivity (Wildman–Crippen MR) is 79.5 cm³/mol. The number of benzene rings is 1. The highest BCUT2D eigenvalue weighted by Gasteiger charge is 2.35. The van der Waals surface area contributed by atoms with E-state index in [4.69, 9.17) is 16.3 Å². The molecule has 4 nitrogen and oxygen atoms in total. The summed E-state index contributed by atoms with van der Waals surface area (Å²) >= 11 is 5.69. The van der Waals surface area contributed by atoms with Crippen LogP contribution in [0.4, 0.5) is 4.39 Å². The van der Waals surface area contributed by atoms with Gasteiger partial charge in [-0.2, -0.15) is 4.31 Å². The van der Waals surface area contributed by atoms with Crippen molar-refractivity contribution in [1.82, 2.24) is 4.31 Å². The van der Waals surface area contributed by atoms with Crippen molar-refractivity contribution in [3.8, 4) is 0 Å². The molecule has 0 aliphatic carbocycles. The van der Waals surface area contributed by atoms with Crippen LogP contribution in [-0.2, 0) is 20.6 Å². The topological polar surface area (TPSA) is 46.6 Å². The van der Waals surface area contributed by atoms with Gasteiger partial charge in [-0.05, 0) is 38.5 Å². The van der Waals surface area contributed by atoms with Gasteiger partial charge in [0.25, 0.3) is 0 Å². The van der Waals surface area contributed by atoms with Crippen LogP contribution in [0.3, 0.4) is 0 Å². The minimum Gasteiger partial charge on any atom is -0.373 e. The number of hydrogen-bond donors (Lipinski definition) is 0. The number of rotatable bonds is 3. The third-order valence-corrected chi connectivity index (χ3v) is 5.59. The average molecular weight is 336 g/mol. The first-order valence-electron chi connectivity index (χ1n) is 6.66. The van der Waals surface area contributed by atoms with Gasteiger partial charge >= 0.3 is 0 Å². The molecule has 0 saturated carbocycles. The molecule has 21 heavy (non-hydrogen) atoms. The minimum atomic E-state index is -3.68. The van der Waals surface area contributed by atoms with Crippen molar-refractivity contribution in [2.45, 2.75) is 37.1 Å². The van der Waals surface area contributed by atoms with Gasteiger partial charge in [0.15, 0.2) is 0 Å². The summed E-state index contributed by atoms with van der Waals surface area (Å²) in [7, 11) is -3.68. The predicted octanol–water partition coefficient (Wildman–Crippen LogP) is 2.67. The standard InChI is InChI=1S/C14H19ClFNO3S/c1-10-6-12(7-11(8-15)13(10)16)21(18,19)17-4-5-20-14(2,3)9-17/h6-7H,4-5,8-9H2,1-3H3. The summed E-state index contributed by atoms with van der Waals surface area (Å²) in [5.41, 5.74) is -0.0580. The number of ether oxygens (including phenoxy) is 1. The lowest BCUT2D eigenvalue weighted by Gasteiger charge is -2.37. The Hall–Kier alpha value is -0.690. The van der Waals surface area contributed by atoms with E-state index in [0.29, 0.717) is 13.2 Å². The lowest BCUT2D eigenvalue weighted by atomic mass is 10.1. The minimum absolute atomic E-state index is 0.0648. The molecule has 0 N–H and O–H groups in total. The molecule has 1 fully saturated rings. The van der Waals surface area contributed by atoms with Crippen LogP contribution in [-0.4, -0.2) is 38.0 Å². The van der Waals surface area contributed by atoms with Gasteiger partial charge in [-0.15, -0.1) is 11.6 Å². The summed E-state index contributed by atoms with van der Waals surface area (Å²) in [6.07, 6.45) is 0. The zero-order valence-corrected chi connectivity index (χ0v) is 13.9. The molecule has 0 spiro atoms.